The van der Waals surface area contributed by atoms with E-state index in [4.69, 9.17) is 8.83 Å². The third-order valence-corrected chi connectivity index (χ3v) is 6.17. The van der Waals surface area contributed by atoms with Gasteiger partial charge in [0.2, 0.25) is 5.91 Å². The number of nitrogens with one attached hydrogen (secondary N) is 2. The largest absolute Gasteiger partial charge is 0.464 e. The van der Waals surface area contributed by atoms with Crippen molar-refractivity contribution in [2.24, 2.45) is 0 Å². The lowest BCUT2D eigenvalue weighted by Crippen LogP contribution is -2.26. The zero-order valence-electron chi connectivity index (χ0n) is 18.1. The maximum atomic E-state index is 12.6. The van der Waals surface area contributed by atoms with Crippen molar-refractivity contribution in [1.29, 1.82) is 0 Å². The minimum Gasteiger partial charge on any atom is -0.464 e. The molecule has 0 aliphatic rings. The summed E-state index contributed by atoms with van der Waals surface area (Å²) in [6, 6.07) is 11.9. The van der Waals surface area contributed by atoms with Crippen molar-refractivity contribution < 1.29 is 13.6 Å². The van der Waals surface area contributed by atoms with Gasteiger partial charge in [0.15, 0.2) is 0 Å². The van der Waals surface area contributed by atoms with E-state index in [0.717, 1.165) is 33.8 Å². The van der Waals surface area contributed by atoms with Gasteiger partial charge >= 0.3 is 5.63 Å². The Morgan fingerprint density at radius 3 is 2.75 bits per heavy atom. The molecular weight excluding hydrogens is 404 g/mol. The number of furan rings is 1. The number of carbonyl (C=O) groups is 1. The number of hydrogen-bond donors (Lipinski definition) is 2. The van der Waals surface area contributed by atoms with Crippen LogP contribution in [0.1, 0.15) is 28.7 Å². The van der Waals surface area contributed by atoms with Crippen LogP contribution in [-0.2, 0) is 17.6 Å². The summed E-state index contributed by atoms with van der Waals surface area (Å²) in [6.45, 7) is 4.43. The van der Waals surface area contributed by atoms with Crippen LogP contribution in [0.3, 0.4) is 0 Å². The Morgan fingerprint density at radius 1 is 1.03 bits per heavy atom. The minimum atomic E-state index is -0.399. The Kier molecular flexibility index (Phi) is 5.05. The molecule has 3 heterocycles. The number of benzene rings is 2. The first kappa shape index (κ1) is 20.1. The molecule has 0 radical (unpaired) electrons. The number of aromatic amines is 1. The van der Waals surface area contributed by atoms with E-state index in [0.29, 0.717) is 29.7 Å². The fourth-order valence-corrected chi connectivity index (χ4v) is 4.33. The summed E-state index contributed by atoms with van der Waals surface area (Å²) in [5, 5.41) is 6.00. The van der Waals surface area contributed by atoms with Crippen molar-refractivity contribution in [3.05, 3.63) is 81.5 Å². The van der Waals surface area contributed by atoms with Crippen molar-refractivity contribution in [2.75, 3.05) is 6.54 Å². The highest BCUT2D eigenvalue weighted by molar-refractivity contribution is 5.96. The van der Waals surface area contributed by atoms with E-state index >= 15 is 0 Å². The predicted octanol–water partition coefficient (Wildman–Crippen LogP) is 4.93. The summed E-state index contributed by atoms with van der Waals surface area (Å²) in [5.74, 6) is -0.0788. The fourth-order valence-electron chi connectivity index (χ4n) is 4.33. The molecule has 2 aromatic carbocycles. The molecule has 0 aliphatic heterocycles. The molecule has 6 heteroatoms. The molecule has 6 nitrogen and oxygen atoms in total. The molecule has 0 atom stereocenters. The normalized spacial score (nSPS) is 11.6. The number of hydrogen-bond acceptors (Lipinski definition) is 4. The van der Waals surface area contributed by atoms with Crippen LogP contribution in [-0.4, -0.2) is 17.4 Å². The number of fused-ring (bicyclic) bond motifs is 3. The van der Waals surface area contributed by atoms with Gasteiger partial charge in [-0.2, -0.15) is 0 Å². The number of carbonyl (C=O) groups excluding carboxylic acids is 1. The van der Waals surface area contributed by atoms with Crippen LogP contribution < -0.4 is 10.9 Å². The summed E-state index contributed by atoms with van der Waals surface area (Å²) in [7, 11) is 0. The zero-order valence-corrected chi connectivity index (χ0v) is 18.1. The van der Waals surface area contributed by atoms with Crippen molar-refractivity contribution >= 4 is 38.7 Å². The van der Waals surface area contributed by atoms with Gasteiger partial charge in [0, 0.05) is 52.5 Å². The quantitative estimate of drug-likeness (QED) is 0.376. The molecule has 0 spiro atoms. The fraction of sp³-hybridized carbons (Fsp3) is 0.231. The number of aryl methyl sites for hydroxylation is 2. The summed E-state index contributed by atoms with van der Waals surface area (Å²) >= 11 is 0. The molecule has 0 saturated carbocycles. The lowest BCUT2D eigenvalue weighted by Gasteiger charge is -2.09. The summed E-state index contributed by atoms with van der Waals surface area (Å²) < 4.78 is 11.1. The molecule has 1 amide bonds. The lowest BCUT2D eigenvalue weighted by atomic mass is 10.0. The Labute approximate surface area is 184 Å². The average Bonchev–Trinajstić information content (AvgIpc) is 3.36. The number of amides is 1. The minimum absolute atomic E-state index is 0.0788. The van der Waals surface area contributed by atoms with Gasteiger partial charge in [-0.25, -0.2) is 4.79 Å². The summed E-state index contributed by atoms with van der Waals surface area (Å²) in [5.41, 5.74) is 5.49. The number of para-hydroxylation sites is 1. The average molecular weight is 428 g/mol. The molecular formula is C26H24N2O4. The molecule has 5 aromatic rings. The highest BCUT2D eigenvalue weighted by Crippen LogP contribution is 2.29. The number of rotatable bonds is 6. The second-order valence-corrected chi connectivity index (χ2v) is 8.22. The Hall–Kier alpha value is -3.80. The molecule has 0 unspecified atom stereocenters. The maximum absolute atomic E-state index is 12.6. The predicted molar refractivity (Wildman–Crippen MR) is 125 cm³/mol. The van der Waals surface area contributed by atoms with E-state index in [1.54, 1.807) is 12.3 Å². The molecule has 0 fully saturated rings. The van der Waals surface area contributed by atoms with Crippen LogP contribution in [0.15, 0.2) is 62.5 Å². The van der Waals surface area contributed by atoms with Gasteiger partial charge in [-0.3, -0.25) is 4.79 Å². The summed E-state index contributed by atoms with van der Waals surface area (Å²) in [6.07, 6.45) is 4.99. The van der Waals surface area contributed by atoms with Gasteiger partial charge < -0.3 is 19.1 Å². The van der Waals surface area contributed by atoms with Crippen molar-refractivity contribution in [1.82, 2.24) is 10.3 Å². The number of aromatic nitrogens is 1. The van der Waals surface area contributed by atoms with E-state index in [2.05, 4.69) is 16.4 Å². The standard InChI is InChI=1S/C26H24N2O4/c1-15-14-31-23-12-24-21(11-20(15)23)16(2)18(26(30)32-24)7-8-25(29)27-10-9-17-13-28-22-6-4-3-5-19(17)22/h3-6,11-14,28H,7-10H2,1-2H3,(H,27,29). The molecule has 0 bridgehead atoms. The molecule has 2 N–H and O–H groups in total. The van der Waals surface area contributed by atoms with E-state index in [-0.39, 0.29) is 12.3 Å². The van der Waals surface area contributed by atoms with Crippen LogP contribution >= 0.6 is 0 Å². The van der Waals surface area contributed by atoms with Crippen LogP contribution in [0.5, 0.6) is 0 Å². The van der Waals surface area contributed by atoms with Crippen LogP contribution in [0, 0.1) is 13.8 Å². The van der Waals surface area contributed by atoms with Crippen molar-refractivity contribution in [3.8, 4) is 0 Å². The Balaban J connectivity index is 1.27. The molecule has 32 heavy (non-hydrogen) atoms. The molecule has 0 saturated heterocycles. The van der Waals surface area contributed by atoms with Crippen molar-refractivity contribution in [3.63, 3.8) is 0 Å². The third kappa shape index (κ3) is 3.58. The van der Waals surface area contributed by atoms with Gasteiger partial charge in [-0.05, 0) is 55.5 Å². The van der Waals surface area contributed by atoms with Crippen molar-refractivity contribution in [2.45, 2.75) is 33.1 Å². The van der Waals surface area contributed by atoms with Gasteiger partial charge in [0.05, 0.1) is 6.26 Å². The molecule has 5 rings (SSSR count). The van der Waals surface area contributed by atoms with E-state index in [1.165, 1.54) is 10.9 Å². The van der Waals surface area contributed by atoms with Gasteiger partial charge in [0.25, 0.3) is 0 Å². The highest BCUT2D eigenvalue weighted by atomic mass is 16.4. The van der Waals surface area contributed by atoms with E-state index in [1.807, 2.05) is 44.3 Å². The van der Waals surface area contributed by atoms with Crippen LogP contribution in [0.4, 0.5) is 0 Å². The van der Waals surface area contributed by atoms with Gasteiger partial charge in [0.1, 0.15) is 11.2 Å². The maximum Gasteiger partial charge on any atom is 0.339 e. The third-order valence-electron chi connectivity index (χ3n) is 6.17. The second kappa shape index (κ2) is 8.04. The van der Waals surface area contributed by atoms with E-state index in [9.17, 15) is 9.59 Å². The second-order valence-electron chi connectivity index (χ2n) is 8.22. The topological polar surface area (TPSA) is 88.2 Å². The first-order valence-corrected chi connectivity index (χ1v) is 10.8. The van der Waals surface area contributed by atoms with Crippen LogP contribution in [0.2, 0.25) is 0 Å². The smallest absolute Gasteiger partial charge is 0.339 e. The van der Waals surface area contributed by atoms with Gasteiger partial charge in [-0.15, -0.1) is 0 Å². The zero-order chi connectivity index (χ0) is 22.2. The molecule has 0 aliphatic carbocycles. The first-order valence-electron chi connectivity index (χ1n) is 10.8. The SMILES string of the molecule is Cc1coc2cc3oc(=O)c(CCC(=O)NCCc4c[nH]c5ccccc45)c(C)c3cc12. The summed E-state index contributed by atoms with van der Waals surface area (Å²) in [4.78, 5) is 28.2. The Bertz CT molecular complexity index is 1520. The molecule has 162 valence electrons. The highest BCUT2D eigenvalue weighted by Gasteiger charge is 2.15. The molecule has 3 aromatic heterocycles. The Morgan fingerprint density at radius 2 is 1.88 bits per heavy atom. The van der Waals surface area contributed by atoms with Crippen LogP contribution in [0.25, 0.3) is 32.8 Å². The monoisotopic (exact) mass is 428 g/mol. The number of H-pyrrole nitrogens is 1. The van der Waals surface area contributed by atoms with E-state index < -0.39 is 5.63 Å². The first-order chi connectivity index (χ1) is 15.5. The lowest BCUT2D eigenvalue weighted by molar-refractivity contribution is -0.121. The van der Waals surface area contributed by atoms with Gasteiger partial charge in [-0.1, -0.05) is 18.2 Å².